The first kappa shape index (κ1) is 14.8. The lowest BCUT2D eigenvalue weighted by Crippen LogP contribution is -2.19. The molecule has 0 aliphatic carbocycles. The van der Waals surface area contributed by atoms with Crippen molar-refractivity contribution in [1.29, 1.82) is 0 Å². The van der Waals surface area contributed by atoms with E-state index in [1.54, 1.807) is 0 Å². The molecule has 0 unspecified atom stereocenters. The van der Waals surface area contributed by atoms with Crippen LogP contribution in [0.4, 0.5) is 28.0 Å². The lowest BCUT2D eigenvalue weighted by Gasteiger charge is -2.09. The fraction of sp³-hybridized carbons (Fsp3) is 0.0714. The van der Waals surface area contributed by atoms with E-state index in [1.807, 2.05) is 0 Å². The average Bonchev–Trinajstić information content (AvgIpc) is 2.37. The molecular weight excluding hydrogens is 288 g/mol. The smallest absolute Gasteiger partial charge is 0.351 e. The van der Waals surface area contributed by atoms with Gasteiger partial charge in [0, 0.05) is 11.3 Å². The summed E-state index contributed by atoms with van der Waals surface area (Å²) in [5, 5.41) is 2.20. The van der Waals surface area contributed by atoms with Crippen molar-refractivity contribution in [1.82, 2.24) is 0 Å². The highest BCUT2D eigenvalue weighted by atomic mass is 19.4. The van der Waals surface area contributed by atoms with Gasteiger partial charge in [0.1, 0.15) is 5.82 Å². The zero-order valence-electron chi connectivity index (χ0n) is 10.5. The second kappa shape index (κ2) is 5.43. The highest BCUT2D eigenvalue weighted by molar-refractivity contribution is 5.88. The molecule has 0 aromatic heterocycles. The van der Waals surface area contributed by atoms with E-state index in [0.717, 1.165) is 18.2 Å². The number of hydrogen-bond acceptors (Lipinski definition) is 1. The van der Waals surface area contributed by atoms with Gasteiger partial charge in [-0.25, -0.2) is 9.18 Å². The number of primary amides is 1. The summed E-state index contributed by atoms with van der Waals surface area (Å²) in [6.07, 6.45) is -4.44. The predicted molar refractivity (Wildman–Crippen MR) is 70.0 cm³/mol. The third kappa shape index (κ3) is 3.50. The molecule has 0 saturated heterocycles. The molecular formula is C14H10F4N2O. The Kier molecular flexibility index (Phi) is 3.84. The molecule has 3 N–H and O–H groups in total. The van der Waals surface area contributed by atoms with Crippen LogP contribution in [0.5, 0.6) is 0 Å². The molecule has 0 aliphatic heterocycles. The van der Waals surface area contributed by atoms with Crippen LogP contribution in [0, 0.1) is 5.82 Å². The zero-order valence-corrected chi connectivity index (χ0v) is 10.5. The molecule has 2 aromatic rings. The summed E-state index contributed by atoms with van der Waals surface area (Å²) < 4.78 is 51.3. The van der Waals surface area contributed by atoms with E-state index < -0.39 is 23.6 Å². The minimum absolute atomic E-state index is 0.124. The van der Waals surface area contributed by atoms with E-state index in [0.29, 0.717) is 5.56 Å². The quantitative estimate of drug-likeness (QED) is 0.809. The van der Waals surface area contributed by atoms with Crippen LogP contribution in [0.2, 0.25) is 0 Å². The summed E-state index contributed by atoms with van der Waals surface area (Å²) in [4.78, 5) is 10.6. The monoisotopic (exact) mass is 298 g/mol. The van der Waals surface area contributed by atoms with Crippen molar-refractivity contribution in [2.45, 2.75) is 6.18 Å². The number of carbonyl (C=O) groups excluding carboxylic acids is 1. The number of rotatable bonds is 2. The second-order valence-corrected chi connectivity index (χ2v) is 4.26. The van der Waals surface area contributed by atoms with E-state index in [9.17, 15) is 22.4 Å². The van der Waals surface area contributed by atoms with E-state index in [1.165, 1.54) is 24.3 Å². The van der Waals surface area contributed by atoms with Crippen molar-refractivity contribution >= 4 is 11.7 Å². The van der Waals surface area contributed by atoms with Crippen LogP contribution < -0.4 is 11.1 Å². The van der Waals surface area contributed by atoms with Crippen molar-refractivity contribution in [2.24, 2.45) is 5.73 Å². The van der Waals surface area contributed by atoms with Crippen molar-refractivity contribution in [3.63, 3.8) is 0 Å². The summed E-state index contributed by atoms with van der Waals surface area (Å²) in [5.74, 6) is -0.680. The first-order valence-corrected chi connectivity index (χ1v) is 5.81. The maximum Gasteiger partial charge on any atom is 0.416 e. The Morgan fingerprint density at radius 3 is 2.14 bits per heavy atom. The van der Waals surface area contributed by atoms with E-state index in [-0.39, 0.29) is 11.3 Å². The fourth-order valence-electron chi connectivity index (χ4n) is 1.81. The number of benzene rings is 2. The Morgan fingerprint density at radius 2 is 1.67 bits per heavy atom. The normalized spacial score (nSPS) is 11.2. The summed E-state index contributed by atoms with van der Waals surface area (Å²) in [5.41, 5.74) is 4.68. The van der Waals surface area contributed by atoms with Crippen LogP contribution in [0.15, 0.2) is 42.5 Å². The van der Waals surface area contributed by atoms with Gasteiger partial charge in [0.25, 0.3) is 0 Å². The largest absolute Gasteiger partial charge is 0.416 e. The lowest BCUT2D eigenvalue weighted by atomic mass is 10.0. The highest BCUT2D eigenvalue weighted by Crippen LogP contribution is 2.32. The number of amides is 2. The number of anilines is 1. The van der Waals surface area contributed by atoms with E-state index in [2.05, 4.69) is 5.32 Å². The third-order valence-corrected chi connectivity index (χ3v) is 2.76. The second-order valence-electron chi connectivity index (χ2n) is 4.26. The Balaban J connectivity index is 2.32. The Morgan fingerprint density at radius 1 is 1.05 bits per heavy atom. The fourth-order valence-corrected chi connectivity index (χ4v) is 1.81. The van der Waals surface area contributed by atoms with Crippen LogP contribution in [0.25, 0.3) is 11.1 Å². The topological polar surface area (TPSA) is 55.1 Å². The van der Waals surface area contributed by atoms with Crippen molar-refractivity contribution in [2.75, 3.05) is 5.32 Å². The molecule has 0 fully saturated rings. The number of alkyl halides is 3. The van der Waals surface area contributed by atoms with Gasteiger partial charge in [0.2, 0.25) is 0 Å². The number of nitrogens with two attached hydrogens (primary N) is 1. The van der Waals surface area contributed by atoms with Gasteiger partial charge < -0.3 is 11.1 Å². The molecule has 2 amide bonds. The minimum Gasteiger partial charge on any atom is -0.351 e. The molecule has 2 aromatic carbocycles. The van der Waals surface area contributed by atoms with Crippen LogP contribution in [-0.4, -0.2) is 6.03 Å². The van der Waals surface area contributed by atoms with Crippen molar-refractivity contribution in [3.8, 4) is 11.1 Å². The predicted octanol–water partition coefficient (Wildman–Crippen LogP) is 4.00. The van der Waals surface area contributed by atoms with Crippen LogP contribution in [-0.2, 0) is 6.18 Å². The van der Waals surface area contributed by atoms with E-state index >= 15 is 0 Å². The molecule has 110 valence electrons. The number of halogens is 4. The summed E-state index contributed by atoms with van der Waals surface area (Å²) in [7, 11) is 0. The number of urea groups is 1. The number of hydrogen-bond donors (Lipinski definition) is 2. The molecule has 0 aliphatic rings. The maximum absolute atomic E-state index is 13.9. The lowest BCUT2D eigenvalue weighted by molar-refractivity contribution is -0.137. The number of nitrogens with one attached hydrogen (secondary N) is 1. The highest BCUT2D eigenvalue weighted by Gasteiger charge is 2.30. The summed E-state index contributed by atoms with van der Waals surface area (Å²) in [6, 6.07) is 7.08. The van der Waals surface area contributed by atoms with Gasteiger partial charge in [-0.2, -0.15) is 13.2 Å². The Bertz CT molecular complexity index is 666. The first-order valence-electron chi connectivity index (χ1n) is 5.81. The maximum atomic E-state index is 13.9. The Hall–Kier alpha value is -2.57. The zero-order chi connectivity index (χ0) is 15.6. The van der Waals surface area contributed by atoms with Crippen LogP contribution in [0.1, 0.15) is 5.56 Å². The van der Waals surface area contributed by atoms with Gasteiger partial charge >= 0.3 is 12.2 Å². The number of carbonyl (C=O) groups is 1. The minimum atomic E-state index is -4.44. The summed E-state index contributed by atoms with van der Waals surface area (Å²) in [6.45, 7) is 0. The molecule has 0 atom stereocenters. The van der Waals surface area contributed by atoms with Crippen LogP contribution >= 0.6 is 0 Å². The molecule has 2 rings (SSSR count). The van der Waals surface area contributed by atoms with E-state index in [4.69, 9.17) is 5.73 Å². The molecule has 0 saturated carbocycles. The van der Waals surface area contributed by atoms with Gasteiger partial charge in [0.05, 0.1) is 5.56 Å². The molecule has 3 nitrogen and oxygen atoms in total. The van der Waals surface area contributed by atoms with Gasteiger partial charge in [-0.1, -0.05) is 12.1 Å². The van der Waals surface area contributed by atoms with Crippen molar-refractivity contribution in [3.05, 3.63) is 53.8 Å². The molecule has 0 heterocycles. The van der Waals surface area contributed by atoms with Gasteiger partial charge in [-0.05, 0) is 35.9 Å². The van der Waals surface area contributed by atoms with Crippen LogP contribution in [0.3, 0.4) is 0 Å². The Labute approximate surface area is 117 Å². The molecule has 0 radical (unpaired) electrons. The molecule has 7 heteroatoms. The third-order valence-electron chi connectivity index (χ3n) is 2.76. The van der Waals surface area contributed by atoms with Gasteiger partial charge in [-0.3, -0.25) is 0 Å². The molecule has 0 bridgehead atoms. The standard InChI is InChI=1S/C14H10F4N2O/c15-12-7-10(20-13(19)21)5-6-11(12)8-1-3-9(4-2-8)14(16,17)18/h1-7H,(H3,19,20,21). The average molecular weight is 298 g/mol. The first-order chi connectivity index (χ1) is 9.77. The summed E-state index contributed by atoms with van der Waals surface area (Å²) >= 11 is 0. The van der Waals surface area contributed by atoms with Gasteiger partial charge in [-0.15, -0.1) is 0 Å². The molecule has 21 heavy (non-hydrogen) atoms. The SMILES string of the molecule is NC(=O)Nc1ccc(-c2ccc(C(F)(F)F)cc2)c(F)c1. The molecule has 0 spiro atoms. The van der Waals surface area contributed by atoms with Gasteiger partial charge in [0.15, 0.2) is 0 Å². The van der Waals surface area contributed by atoms with Crippen molar-refractivity contribution < 1.29 is 22.4 Å².